The Hall–Kier alpha value is -3.84. The molecule has 5 aromatic rings. The predicted molar refractivity (Wildman–Crippen MR) is 150 cm³/mol. The molecule has 0 unspecified atom stereocenters. The first-order valence-electron chi connectivity index (χ1n) is 12.7. The lowest BCUT2D eigenvalue weighted by Gasteiger charge is -2.16. The monoisotopic (exact) mass is 510 g/mol. The summed E-state index contributed by atoms with van der Waals surface area (Å²) in [7, 11) is 3.61. The fraction of sp³-hybridized carbons (Fsp3) is 0.267. The highest BCUT2D eigenvalue weighted by atomic mass is 32.1. The van der Waals surface area contributed by atoms with Gasteiger partial charge in [-0.25, -0.2) is 9.67 Å². The lowest BCUT2D eigenvalue weighted by molar-refractivity contribution is 0.415. The van der Waals surface area contributed by atoms with Crippen molar-refractivity contribution in [2.75, 3.05) is 7.11 Å². The molecule has 0 amide bonds. The normalized spacial score (nSPS) is 14.6. The summed E-state index contributed by atoms with van der Waals surface area (Å²) >= 11 is 1.61. The number of hydrogen-bond donors (Lipinski definition) is 0. The molecule has 188 valence electrons. The van der Waals surface area contributed by atoms with E-state index in [1.807, 2.05) is 55.1 Å². The number of rotatable bonds is 5. The second-order valence-electron chi connectivity index (χ2n) is 9.66. The van der Waals surface area contributed by atoms with Gasteiger partial charge in [-0.2, -0.15) is 0 Å². The summed E-state index contributed by atoms with van der Waals surface area (Å²) in [4.78, 5) is 19.5. The number of benzene rings is 3. The van der Waals surface area contributed by atoms with Gasteiger partial charge in [0.05, 0.1) is 24.2 Å². The van der Waals surface area contributed by atoms with Gasteiger partial charge in [-0.1, -0.05) is 49.2 Å². The van der Waals surface area contributed by atoms with E-state index in [0.29, 0.717) is 11.7 Å². The molecule has 7 heteroatoms. The van der Waals surface area contributed by atoms with Crippen LogP contribution >= 0.6 is 11.3 Å². The number of hydrogen-bond acceptors (Lipinski definition) is 4. The average molecular weight is 511 g/mol. The van der Waals surface area contributed by atoms with E-state index in [0.717, 1.165) is 51.4 Å². The molecule has 0 radical (unpaired) electrons. The Morgan fingerprint density at radius 2 is 1.70 bits per heavy atom. The van der Waals surface area contributed by atoms with Crippen molar-refractivity contribution >= 4 is 27.8 Å². The topological polar surface area (TPSA) is 53.4 Å². The Kier molecular flexibility index (Phi) is 6.08. The highest BCUT2D eigenvalue weighted by Crippen LogP contribution is 2.35. The summed E-state index contributed by atoms with van der Waals surface area (Å²) in [6.07, 6.45) is 4.69. The Labute approximate surface area is 219 Å². The van der Waals surface area contributed by atoms with Crippen molar-refractivity contribution in [1.29, 1.82) is 0 Å². The Bertz CT molecular complexity index is 1720. The third-order valence-electron chi connectivity index (χ3n) is 7.51. The van der Waals surface area contributed by atoms with Crippen LogP contribution < -0.4 is 15.1 Å². The van der Waals surface area contributed by atoms with Crippen LogP contribution in [0.3, 0.4) is 0 Å². The van der Waals surface area contributed by atoms with Crippen LogP contribution in [0.2, 0.25) is 0 Å². The zero-order valence-electron chi connectivity index (χ0n) is 21.3. The lowest BCUT2D eigenvalue weighted by Crippen LogP contribution is -2.21. The molecule has 1 saturated carbocycles. The van der Waals surface area contributed by atoms with E-state index >= 15 is 0 Å². The van der Waals surface area contributed by atoms with E-state index in [2.05, 4.69) is 40.3 Å². The SMILES string of the molecule is COc1ccc2cc(-c3csc(=Nc4c(C)n(C)n(-c5ccccc5)c4=O)n3C3CCCC3)ccc2c1. The van der Waals surface area contributed by atoms with Crippen molar-refractivity contribution < 1.29 is 4.74 Å². The fourth-order valence-electron chi connectivity index (χ4n) is 5.42. The van der Waals surface area contributed by atoms with Gasteiger partial charge in [0.15, 0.2) is 10.5 Å². The summed E-state index contributed by atoms with van der Waals surface area (Å²) in [5, 5.41) is 4.51. The highest BCUT2D eigenvalue weighted by molar-refractivity contribution is 7.07. The number of thiazole rings is 1. The van der Waals surface area contributed by atoms with Gasteiger partial charge < -0.3 is 9.30 Å². The third-order valence-corrected chi connectivity index (χ3v) is 8.35. The van der Waals surface area contributed by atoms with E-state index in [1.165, 1.54) is 18.2 Å². The van der Waals surface area contributed by atoms with Crippen molar-refractivity contribution in [1.82, 2.24) is 13.9 Å². The second-order valence-corrected chi connectivity index (χ2v) is 10.5. The molecule has 3 aromatic carbocycles. The van der Waals surface area contributed by atoms with Crippen LogP contribution in [0.25, 0.3) is 27.7 Å². The van der Waals surface area contributed by atoms with Crippen LogP contribution in [0, 0.1) is 6.92 Å². The predicted octanol–water partition coefficient (Wildman–Crippen LogP) is 6.52. The van der Waals surface area contributed by atoms with E-state index in [1.54, 1.807) is 23.1 Å². The number of methoxy groups -OCH3 is 1. The molecule has 1 aliphatic rings. The standard InChI is InChI=1S/C30H30N4O2S/c1-20-28(29(35)34(32(20)2)25-11-5-4-6-12-25)31-30-33(24-9-7-8-10-24)27(19-37-30)23-14-13-22-18-26(36-3)16-15-21(22)17-23/h4-6,11-19,24H,7-10H2,1-3H3. The molecule has 0 spiro atoms. The summed E-state index contributed by atoms with van der Waals surface area (Å²) in [6, 6.07) is 22.9. The van der Waals surface area contributed by atoms with Gasteiger partial charge in [0.25, 0.3) is 5.56 Å². The van der Waals surface area contributed by atoms with E-state index in [-0.39, 0.29) is 5.56 Å². The Balaban J connectivity index is 1.52. The molecule has 0 aliphatic heterocycles. The van der Waals surface area contributed by atoms with Crippen molar-refractivity contribution in [2.45, 2.75) is 38.6 Å². The molecule has 0 bridgehead atoms. The third kappa shape index (κ3) is 4.13. The Morgan fingerprint density at radius 3 is 2.46 bits per heavy atom. The number of ether oxygens (including phenoxy) is 1. The van der Waals surface area contributed by atoms with E-state index in [9.17, 15) is 4.79 Å². The van der Waals surface area contributed by atoms with Gasteiger partial charge in [0.1, 0.15) is 5.75 Å². The minimum absolute atomic E-state index is 0.0984. The average Bonchev–Trinajstić information content (AvgIpc) is 3.65. The lowest BCUT2D eigenvalue weighted by atomic mass is 10.0. The van der Waals surface area contributed by atoms with Gasteiger partial charge in [0.2, 0.25) is 0 Å². The largest absolute Gasteiger partial charge is 0.497 e. The van der Waals surface area contributed by atoms with E-state index < -0.39 is 0 Å². The van der Waals surface area contributed by atoms with Crippen LogP contribution in [0.4, 0.5) is 5.69 Å². The molecule has 1 aliphatic carbocycles. The Morgan fingerprint density at radius 1 is 0.973 bits per heavy atom. The molecule has 1 fully saturated rings. The molecule has 2 aromatic heterocycles. The maximum absolute atomic E-state index is 13.6. The van der Waals surface area contributed by atoms with E-state index in [4.69, 9.17) is 9.73 Å². The van der Waals surface area contributed by atoms with Gasteiger partial charge in [-0.05, 0) is 66.4 Å². The fourth-order valence-corrected chi connectivity index (χ4v) is 6.39. The van der Waals surface area contributed by atoms with Gasteiger partial charge in [-0.3, -0.25) is 9.48 Å². The second kappa shape index (κ2) is 9.56. The van der Waals surface area contributed by atoms with Crippen LogP contribution in [0.15, 0.2) is 81.9 Å². The molecule has 2 heterocycles. The zero-order valence-corrected chi connectivity index (χ0v) is 22.2. The quantitative estimate of drug-likeness (QED) is 0.270. The molecule has 37 heavy (non-hydrogen) atoms. The summed E-state index contributed by atoms with van der Waals surface area (Å²) in [6.45, 7) is 1.96. The first-order valence-corrected chi connectivity index (χ1v) is 13.6. The minimum Gasteiger partial charge on any atom is -0.497 e. The van der Waals surface area contributed by atoms with Gasteiger partial charge in [-0.15, -0.1) is 11.3 Å². The molecule has 0 saturated heterocycles. The molecular formula is C30H30N4O2S. The molecular weight excluding hydrogens is 480 g/mol. The number of nitrogens with zero attached hydrogens (tertiary/aromatic N) is 4. The molecule has 6 nitrogen and oxygen atoms in total. The minimum atomic E-state index is -0.0984. The molecule has 6 rings (SSSR count). The summed E-state index contributed by atoms with van der Waals surface area (Å²) < 4.78 is 11.4. The summed E-state index contributed by atoms with van der Waals surface area (Å²) in [5.74, 6) is 0.859. The van der Waals surface area contributed by atoms with Crippen molar-refractivity contribution in [3.8, 4) is 22.7 Å². The van der Waals surface area contributed by atoms with Crippen LogP contribution in [0.5, 0.6) is 5.75 Å². The van der Waals surface area contributed by atoms with Crippen molar-refractivity contribution in [3.63, 3.8) is 0 Å². The number of aromatic nitrogens is 3. The van der Waals surface area contributed by atoms with Crippen molar-refractivity contribution in [3.05, 3.63) is 93.0 Å². The smallest absolute Gasteiger partial charge is 0.297 e. The highest BCUT2D eigenvalue weighted by Gasteiger charge is 2.23. The number of fused-ring (bicyclic) bond motifs is 1. The maximum atomic E-state index is 13.6. The zero-order chi connectivity index (χ0) is 25.5. The number of para-hydroxylation sites is 1. The summed E-state index contributed by atoms with van der Waals surface area (Å²) in [5.41, 5.74) is 4.40. The van der Waals surface area contributed by atoms with Crippen LogP contribution in [0.1, 0.15) is 37.4 Å². The van der Waals surface area contributed by atoms with Gasteiger partial charge in [0, 0.05) is 18.5 Å². The van der Waals surface area contributed by atoms with Gasteiger partial charge >= 0.3 is 0 Å². The van der Waals surface area contributed by atoms with Crippen molar-refractivity contribution in [2.24, 2.45) is 12.0 Å². The molecule has 0 N–H and O–H groups in total. The first-order chi connectivity index (χ1) is 18.0. The first kappa shape index (κ1) is 23.6. The van der Waals surface area contributed by atoms with Crippen LogP contribution in [-0.2, 0) is 7.05 Å². The van der Waals surface area contributed by atoms with Crippen LogP contribution in [-0.4, -0.2) is 21.0 Å². The maximum Gasteiger partial charge on any atom is 0.297 e. The molecule has 0 atom stereocenters.